The molecule has 0 aliphatic rings. The molecule has 1 aromatic carbocycles. The molecule has 4 nitrogen and oxygen atoms in total. The van der Waals surface area contributed by atoms with Crippen LogP contribution in [0, 0.1) is 0 Å². The molecule has 0 aliphatic carbocycles. The Balaban J connectivity index is 2.07. The van der Waals surface area contributed by atoms with E-state index >= 15 is 0 Å². The van der Waals surface area contributed by atoms with Crippen molar-refractivity contribution in [2.24, 2.45) is 5.73 Å². The highest BCUT2D eigenvalue weighted by molar-refractivity contribution is 7.18. The average molecular weight is 303 g/mol. The van der Waals surface area contributed by atoms with Crippen LogP contribution in [0.2, 0.25) is 0 Å². The lowest BCUT2D eigenvalue weighted by Crippen LogP contribution is -2.61. The molecule has 0 spiro atoms. The van der Waals surface area contributed by atoms with Crippen LogP contribution >= 0.6 is 11.3 Å². The topological polar surface area (TPSA) is 68.0 Å². The number of nitrogens with two attached hydrogens (primary N) is 1. The lowest BCUT2D eigenvalue weighted by Gasteiger charge is -2.25. The Bertz CT molecular complexity index is 603. The minimum Gasteiger partial charge on any atom is -0.348 e. The Morgan fingerprint density at radius 3 is 2.65 bits per heavy atom. The molecular weight excluding hydrogens is 291 g/mol. The smallest absolute Gasteiger partial charge is 0.348 e. The number of rotatable bonds is 3. The minimum atomic E-state index is -4.80. The molecule has 8 heteroatoms. The maximum Gasteiger partial charge on any atom is 0.415 e. The lowest BCUT2D eigenvalue weighted by molar-refractivity contribution is -0.187. The van der Waals surface area contributed by atoms with E-state index < -0.39 is 17.6 Å². The van der Waals surface area contributed by atoms with Crippen LogP contribution in [0.1, 0.15) is 11.9 Å². The molecule has 20 heavy (non-hydrogen) atoms. The molecule has 0 saturated heterocycles. The average Bonchev–Trinajstić information content (AvgIpc) is 2.77. The number of halogens is 3. The van der Waals surface area contributed by atoms with E-state index in [0.717, 1.165) is 10.2 Å². The Morgan fingerprint density at radius 2 is 2.05 bits per heavy atom. The first-order valence-electron chi connectivity index (χ1n) is 5.70. The van der Waals surface area contributed by atoms with E-state index in [9.17, 15) is 18.0 Å². The number of carbonyl (C=O) groups excluding carboxylic acids is 1. The van der Waals surface area contributed by atoms with Crippen LogP contribution in [-0.2, 0) is 11.3 Å². The summed E-state index contributed by atoms with van der Waals surface area (Å²) in [6, 6.07) is 7.29. The van der Waals surface area contributed by atoms with Crippen molar-refractivity contribution in [3.05, 3.63) is 29.3 Å². The fourth-order valence-corrected chi connectivity index (χ4v) is 2.37. The first-order valence-corrected chi connectivity index (χ1v) is 6.52. The summed E-state index contributed by atoms with van der Waals surface area (Å²) in [5.41, 5.74) is 2.85. The third-order valence-electron chi connectivity index (χ3n) is 2.80. The summed E-state index contributed by atoms with van der Waals surface area (Å²) in [5, 5.41) is 2.70. The molecule has 2 rings (SSSR count). The molecule has 1 amide bonds. The third-order valence-corrected chi connectivity index (χ3v) is 3.84. The van der Waals surface area contributed by atoms with Crippen molar-refractivity contribution in [3.8, 4) is 0 Å². The van der Waals surface area contributed by atoms with Crippen molar-refractivity contribution in [1.82, 2.24) is 10.3 Å². The Hall–Kier alpha value is -1.67. The van der Waals surface area contributed by atoms with E-state index in [4.69, 9.17) is 5.73 Å². The number of aromatic nitrogens is 1. The van der Waals surface area contributed by atoms with Gasteiger partial charge in [0.1, 0.15) is 5.01 Å². The molecule has 1 aromatic heterocycles. The van der Waals surface area contributed by atoms with Gasteiger partial charge in [-0.05, 0) is 19.1 Å². The van der Waals surface area contributed by atoms with Gasteiger partial charge in [-0.25, -0.2) is 4.98 Å². The molecule has 108 valence electrons. The van der Waals surface area contributed by atoms with Gasteiger partial charge in [0.25, 0.3) is 0 Å². The number of carbonyl (C=O) groups is 1. The van der Waals surface area contributed by atoms with Crippen LogP contribution in [0.5, 0.6) is 0 Å². The highest BCUT2D eigenvalue weighted by Gasteiger charge is 2.53. The summed E-state index contributed by atoms with van der Waals surface area (Å²) >= 11 is 1.31. The van der Waals surface area contributed by atoms with Gasteiger partial charge in [-0.1, -0.05) is 12.1 Å². The van der Waals surface area contributed by atoms with Crippen molar-refractivity contribution in [2.45, 2.75) is 25.2 Å². The van der Waals surface area contributed by atoms with Crippen molar-refractivity contribution in [3.63, 3.8) is 0 Å². The number of alkyl halides is 3. The predicted molar refractivity (Wildman–Crippen MR) is 70.1 cm³/mol. The largest absolute Gasteiger partial charge is 0.415 e. The number of para-hydroxylation sites is 1. The van der Waals surface area contributed by atoms with Gasteiger partial charge in [0.05, 0.1) is 16.8 Å². The number of benzene rings is 1. The van der Waals surface area contributed by atoms with Crippen LogP contribution in [0.4, 0.5) is 13.2 Å². The predicted octanol–water partition coefficient (Wildman–Crippen LogP) is 2.19. The molecule has 0 saturated carbocycles. The molecule has 2 aromatic rings. The number of amides is 1. The number of thiazole rings is 1. The zero-order valence-electron chi connectivity index (χ0n) is 10.5. The molecule has 0 bridgehead atoms. The van der Waals surface area contributed by atoms with Gasteiger partial charge in [-0.2, -0.15) is 13.2 Å². The number of nitrogens with zero attached hydrogens (tertiary/aromatic N) is 1. The third kappa shape index (κ3) is 2.75. The molecule has 3 N–H and O–H groups in total. The highest BCUT2D eigenvalue weighted by Crippen LogP contribution is 2.28. The van der Waals surface area contributed by atoms with Crippen LogP contribution in [0.3, 0.4) is 0 Å². The Morgan fingerprint density at radius 1 is 1.40 bits per heavy atom. The normalized spacial score (nSPS) is 15.1. The number of fused-ring (bicyclic) bond motifs is 1. The van der Waals surface area contributed by atoms with Gasteiger partial charge >= 0.3 is 6.18 Å². The standard InChI is InChI=1S/C12H12F3N3OS/c1-11(16,12(13,14)15)10(19)17-6-9-18-7-4-2-3-5-8(7)20-9/h2-5H,6,16H2,1H3,(H,17,19). The van der Waals surface area contributed by atoms with E-state index in [2.05, 4.69) is 10.3 Å². The zero-order valence-corrected chi connectivity index (χ0v) is 11.3. The maximum atomic E-state index is 12.6. The molecule has 0 radical (unpaired) electrons. The lowest BCUT2D eigenvalue weighted by atomic mass is 10.0. The Kier molecular flexibility index (Phi) is 3.70. The minimum absolute atomic E-state index is 0.0823. The molecule has 0 aliphatic heterocycles. The second-order valence-electron chi connectivity index (χ2n) is 4.46. The zero-order chi connectivity index (χ0) is 15.0. The quantitative estimate of drug-likeness (QED) is 0.913. The van der Waals surface area contributed by atoms with Gasteiger partial charge < -0.3 is 11.1 Å². The van der Waals surface area contributed by atoms with Gasteiger partial charge in [0.2, 0.25) is 5.91 Å². The number of hydrogen-bond acceptors (Lipinski definition) is 4. The highest BCUT2D eigenvalue weighted by atomic mass is 32.1. The summed E-state index contributed by atoms with van der Waals surface area (Å²) < 4.78 is 38.6. The number of nitrogens with one attached hydrogen (secondary N) is 1. The monoisotopic (exact) mass is 303 g/mol. The van der Waals surface area contributed by atoms with E-state index in [1.165, 1.54) is 11.3 Å². The van der Waals surface area contributed by atoms with Crippen molar-refractivity contribution < 1.29 is 18.0 Å². The molecule has 1 unspecified atom stereocenters. The maximum absolute atomic E-state index is 12.6. The SMILES string of the molecule is CC(N)(C(=O)NCc1nc2ccccc2s1)C(F)(F)F. The van der Waals surface area contributed by atoms with Crippen molar-refractivity contribution in [1.29, 1.82) is 0 Å². The summed E-state index contributed by atoms with van der Waals surface area (Å²) in [6.45, 7) is 0.557. The van der Waals surface area contributed by atoms with Gasteiger partial charge in [0.15, 0.2) is 5.54 Å². The molecule has 1 atom stereocenters. The molecule has 1 heterocycles. The fourth-order valence-electron chi connectivity index (χ4n) is 1.46. The Labute approximate surface area is 116 Å². The van der Waals surface area contributed by atoms with Crippen LogP contribution in [0.15, 0.2) is 24.3 Å². The van der Waals surface area contributed by atoms with Crippen molar-refractivity contribution in [2.75, 3.05) is 0 Å². The van der Waals surface area contributed by atoms with E-state index in [-0.39, 0.29) is 6.54 Å². The second-order valence-corrected chi connectivity index (χ2v) is 5.57. The summed E-state index contributed by atoms with van der Waals surface area (Å²) in [4.78, 5) is 15.7. The van der Waals surface area contributed by atoms with Crippen molar-refractivity contribution >= 4 is 27.5 Å². The first kappa shape index (κ1) is 14.7. The second kappa shape index (κ2) is 5.02. The first-order chi connectivity index (χ1) is 9.22. The van der Waals surface area contributed by atoms with Crippen LogP contribution < -0.4 is 11.1 Å². The van der Waals surface area contributed by atoms with E-state index in [1.54, 1.807) is 6.07 Å². The summed E-state index contributed by atoms with van der Waals surface area (Å²) in [6.07, 6.45) is -4.80. The van der Waals surface area contributed by atoms with E-state index in [0.29, 0.717) is 11.9 Å². The summed E-state index contributed by atoms with van der Waals surface area (Å²) in [5.74, 6) is -1.27. The van der Waals surface area contributed by atoms with Gasteiger partial charge in [0, 0.05) is 0 Å². The van der Waals surface area contributed by atoms with Crippen LogP contribution in [0.25, 0.3) is 10.2 Å². The summed E-state index contributed by atoms with van der Waals surface area (Å²) in [7, 11) is 0. The van der Waals surface area contributed by atoms with Crippen LogP contribution in [-0.4, -0.2) is 22.6 Å². The molecule has 0 fully saturated rings. The number of hydrogen-bond donors (Lipinski definition) is 2. The van der Waals surface area contributed by atoms with E-state index in [1.807, 2.05) is 18.2 Å². The molecular formula is C12H12F3N3OS. The fraction of sp³-hybridized carbons (Fsp3) is 0.333. The van der Waals surface area contributed by atoms with Gasteiger partial charge in [-0.15, -0.1) is 11.3 Å². The van der Waals surface area contributed by atoms with Gasteiger partial charge in [-0.3, -0.25) is 4.79 Å².